The van der Waals surface area contributed by atoms with Gasteiger partial charge in [-0.2, -0.15) is 0 Å². The van der Waals surface area contributed by atoms with Crippen molar-refractivity contribution in [2.24, 2.45) is 33.4 Å². The van der Waals surface area contributed by atoms with Crippen molar-refractivity contribution in [3.8, 4) is 22.6 Å². The minimum atomic E-state index is -1.34. The van der Waals surface area contributed by atoms with Crippen LogP contribution in [0.3, 0.4) is 0 Å². The highest BCUT2D eigenvalue weighted by atomic mass is 16.7. The van der Waals surface area contributed by atoms with E-state index in [1.54, 1.807) is 30.3 Å². The van der Waals surface area contributed by atoms with Crippen LogP contribution >= 0.6 is 0 Å². The van der Waals surface area contributed by atoms with Crippen LogP contribution in [0.5, 0.6) is 11.5 Å². The van der Waals surface area contributed by atoms with Crippen LogP contribution in [0.1, 0.15) is 158 Å². The molecule has 2 heterocycles. The summed E-state index contributed by atoms with van der Waals surface area (Å²) in [5.41, 5.74) is 21.5. The number of unbranched alkanes of at least 4 members (excludes halogenated alkanes) is 5. The minimum absolute atomic E-state index is 0.0246. The van der Waals surface area contributed by atoms with Gasteiger partial charge in [-0.1, -0.05) is 77.1 Å². The number of likely N-dealkylation sites (N-methyl/N-ethyl adjacent to an activating group) is 1. The lowest BCUT2D eigenvalue weighted by Gasteiger charge is -2.90. The predicted octanol–water partition coefficient (Wildman–Crippen LogP) is 6.21. The number of benzene rings is 3. The summed E-state index contributed by atoms with van der Waals surface area (Å²) >= 11 is 0. The Hall–Kier alpha value is -5.53. The fraction of sp³-hybridized carbons (Fsp3) is 0.617. The first-order valence-corrected chi connectivity index (χ1v) is 28.9. The molecule has 424 valence electrons. The second-order valence-corrected chi connectivity index (χ2v) is 23.6. The topological polar surface area (TPSA) is 252 Å². The number of ether oxygens (including phenoxy) is 2. The average molecular weight is 1080 g/mol. The molecule has 18 heteroatoms. The molecule has 11 rings (SSSR count). The maximum Gasteiger partial charge on any atom is 0.481 e. The molecule has 6 saturated carbocycles. The van der Waals surface area contributed by atoms with E-state index in [4.69, 9.17) is 36.0 Å². The Labute approximate surface area is 462 Å². The van der Waals surface area contributed by atoms with Crippen LogP contribution in [0.25, 0.3) is 11.1 Å². The molecule has 3 aromatic rings. The summed E-state index contributed by atoms with van der Waals surface area (Å²) < 4.78 is 26.3. The summed E-state index contributed by atoms with van der Waals surface area (Å²) in [7, 11) is 0.804. The SMILES string of the molecule is CCCCCCCCc1ccc(C(=O)N[C@@H](CCCN)C(=O)N(C)[C@@H]2C(=O)N[C@@H](C)C(=O)N[C@H](C(=O)N[C@@H](C)B3O[C@@H]4CC56CC(C5)(C6(C)C)[C@]4(C)O3)Cc3ccc(OCCCN)c(c3)-c3cc2ccc3OCCCN)cc1. The van der Waals surface area contributed by atoms with E-state index in [0.717, 1.165) is 44.1 Å². The molecular formula is C60H87BN8O9. The highest BCUT2D eigenvalue weighted by Gasteiger charge is 2.91. The smallest absolute Gasteiger partial charge is 0.481 e. The molecule has 3 aromatic carbocycles. The Bertz CT molecular complexity index is 2630. The summed E-state index contributed by atoms with van der Waals surface area (Å²) in [6.07, 6.45) is 12.9. The first-order chi connectivity index (χ1) is 37.4. The van der Waals surface area contributed by atoms with Gasteiger partial charge in [-0.05, 0) is 162 Å². The van der Waals surface area contributed by atoms with Crippen molar-refractivity contribution >= 4 is 36.7 Å². The number of rotatable bonds is 25. The number of nitrogens with one attached hydrogen (secondary N) is 4. The maximum atomic E-state index is 15.0. The van der Waals surface area contributed by atoms with E-state index < -0.39 is 72.4 Å². The van der Waals surface area contributed by atoms with Gasteiger partial charge in [0.15, 0.2) is 0 Å². The van der Waals surface area contributed by atoms with E-state index in [0.29, 0.717) is 78.3 Å². The molecule has 6 bridgehead atoms. The molecule has 10 N–H and O–H groups in total. The number of carbonyl (C=O) groups excluding carboxylic acids is 5. The Morgan fingerprint density at radius 3 is 2.10 bits per heavy atom. The van der Waals surface area contributed by atoms with Gasteiger partial charge in [0.05, 0.1) is 30.9 Å². The van der Waals surface area contributed by atoms with E-state index in [1.165, 1.54) is 44.6 Å². The summed E-state index contributed by atoms with van der Waals surface area (Å²) in [6, 6.07) is 13.6. The van der Waals surface area contributed by atoms with Gasteiger partial charge >= 0.3 is 7.12 Å². The zero-order valence-corrected chi connectivity index (χ0v) is 47.3. The molecule has 7 atom stereocenters. The fourth-order valence-corrected chi connectivity index (χ4v) is 13.3. The van der Waals surface area contributed by atoms with Crippen molar-refractivity contribution in [2.45, 2.75) is 180 Å². The first-order valence-electron chi connectivity index (χ1n) is 28.9. The van der Waals surface area contributed by atoms with Gasteiger partial charge in [0, 0.05) is 35.6 Å². The van der Waals surface area contributed by atoms with Crippen molar-refractivity contribution in [2.75, 3.05) is 39.9 Å². The summed E-state index contributed by atoms with van der Waals surface area (Å²) in [4.78, 5) is 74.3. The van der Waals surface area contributed by atoms with Gasteiger partial charge in [0.2, 0.25) is 23.6 Å². The molecule has 17 nitrogen and oxygen atoms in total. The van der Waals surface area contributed by atoms with E-state index >= 15 is 4.79 Å². The molecule has 5 amide bonds. The monoisotopic (exact) mass is 1070 g/mol. The summed E-state index contributed by atoms with van der Waals surface area (Å²) in [6.45, 7) is 14.1. The molecule has 8 aliphatic rings. The Balaban J connectivity index is 1.09. The van der Waals surface area contributed by atoms with Crippen LogP contribution in [0, 0.1) is 16.2 Å². The molecule has 7 fully saturated rings. The zero-order chi connectivity index (χ0) is 56.0. The summed E-state index contributed by atoms with van der Waals surface area (Å²) in [5.74, 6) is -2.36. The van der Waals surface area contributed by atoms with E-state index in [9.17, 15) is 19.2 Å². The van der Waals surface area contributed by atoms with E-state index in [1.807, 2.05) is 37.3 Å². The van der Waals surface area contributed by atoms with Crippen molar-refractivity contribution in [1.82, 2.24) is 26.2 Å². The number of nitrogens with zero attached hydrogens (tertiary/aromatic N) is 1. The van der Waals surface area contributed by atoms with Crippen LogP contribution in [-0.2, 0) is 41.3 Å². The average Bonchev–Trinajstić information content (AvgIpc) is 1.15. The maximum absolute atomic E-state index is 15.0. The van der Waals surface area contributed by atoms with Crippen LogP contribution in [0.4, 0.5) is 0 Å². The molecule has 78 heavy (non-hydrogen) atoms. The normalized spacial score (nSPS) is 26.4. The van der Waals surface area contributed by atoms with Crippen LogP contribution in [0.15, 0.2) is 60.7 Å². The van der Waals surface area contributed by atoms with Crippen molar-refractivity contribution in [1.29, 1.82) is 0 Å². The molecule has 2 aliphatic heterocycles. The molecule has 0 aromatic heterocycles. The molecule has 0 unspecified atom stereocenters. The number of carbonyl (C=O) groups is 5. The van der Waals surface area contributed by atoms with E-state index in [2.05, 4.69) is 49.0 Å². The van der Waals surface area contributed by atoms with Crippen molar-refractivity contribution in [3.63, 3.8) is 0 Å². The second-order valence-electron chi connectivity index (χ2n) is 23.6. The number of nitrogens with two attached hydrogens (primary N) is 3. The van der Waals surface area contributed by atoms with Crippen LogP contribution in [-0.4, -0.2) is 117 Å². The molecule has 1 saturated heterocycles. The van der Waals surface area contributed by atoms with Crippen molar-refractivity contribution in [3.05, 3.63) is 82.9 Å². The van der Waals surface area contributed by atoms with Crippen LogP contribution < -0.4 is 47.9 Å². The molecule has 0 radical (unpaired) electrons. The standard InChI is InChI=1S/C60H87BN8O9/c1-8-9-10-11-12-13-17-40-19-22-42(23-20-40)53(71)67-46(18-14-27-62)56(74)69(7)51-43-24-26-49(76-31-16-29-64)45(34-43)44-32-41(21-25-48(44)75-30-15-28-63)33-47(68-52(70)38(2)65-55(51)73)54(72)66-39(3)61-77-50-35-59-36-60(37-59,57(59,4)5)58(50,6)78-61/h19-26,32,34,38-39,46-47,50-51H,8-18,27-31,33,35-37,62-64H2,1-7H3,(H,65,73)(H,66,72)(H,67,71)(H,68,70)/t38-,39-,46-,47-,50+,51-,58+,59?,60?/m0/s1. The molecule has 0 spiro atoms. The fourth-order valence-electron chi connectivity index (χ4n) is 13.3. The highest BCUT2D eigenvalue weighted by molar-refractivity contribution is 6.47. The van der Waals surface area contributed by atoms with Crippen molar-refractivity contribution < 1.29 is 42.8 Å². The predicted molar refractivity (Wildman–Crippen MR) is 302 cm³/mol. The molecular weight excluding hydrogens is 988 g/mol. The lowest BCUT2D eigenvalue weighted by atomic mass is 9.15. The highest BCUT2D eigenvalue weighted by Crippen LogP contribution is 2.92. The Kier molecular flexibility index (Phi) is 18.7. The van der Waals surface area contributed by atoms with Gasteiger partial charge < -0.3 is 62.2 Å². The third-order valence-electron chi connectivity index (χ3n) is 18.4. The quantitative estimate of drug-likeness (QED) is 0.0370. The number of hydrogen-bond acceptors (Lipinski definition) is 12. The number of aryl methyl sites for hydroxylation is 1. The number of fused-ring (bicyclic) bond motifs is 5. The van der Waals surface area contributed by atoms with E-state index in [-0.39, 0.29) is 48.3 Å². The molecule has 6 aliphatic carbocycles. The third kappa shape index (κ3) is 11.6. The largest absolute Gasteiger partial charge is 0.493 e. The van der Waals surface area contributed by atoms with Gasteiger partial charge in [0.1, 0.15) is 35.7 Å². The second kappa shape index (κ2) is 24.9. The lowest BCUT2D eigenvalue weighted by molar-refractivity contribution is -0.434. The summed E-state index contributed by atoms with van der Waals surface area (Å²) in [5, 5.41) is 11.9. The van der Waals surface area contributed by atoms with Crippen LogP contribution in [0.2, 0.25) is 0 Å². The third-order valence-corrected chi connectivity index (χ3v) is 18.4. The van der Waals surface area contributed by atoms with Gasteiger partial charge in [0.25, 0.3) is 5.91 Å². The number of amides is 5. The Morgan fingerprint density at radius 2 is 1.45 bits per heavy atom. The first kappa shape index (κ1) is 58.6. The van der Waals surface area contributed by atoms with Gasteiger partial charge in [-0.15, -0.1) is 0 Å². The van der Waals surface area contributed by atoms with Gasteiger partial charge in [-0.25, -0.2) is 0 Å². The van der Waals surface area contributed by atoms with Gasteiger partial charge in [-0.3, -0.25) is 24.0 Å². The Morgan fingerprint density at radius 1 is 0.808 bits per heavy atom. The number of hydrogen-bond donors (Lipinski definition) is 7. The minimum Gasteiger partial charge on any atom is -0.493 e. The zero-order valence-electron chi connectivity index (χ0n) is 47.3. The lowest BCUT2D eigenvalue weighted by Crippen LogP contribution is -2.88.